The van der Waals surface area contributed by atoms with Crippen LogP contribution in [0.1, 0.15) is 32.6 Å². The molecule has 1 aliphatic carbocycles. The van der Waals surface area contributed by atoms with Crippen LogP contribution in [0.2, 0.25) is 0 Å². The normalized spacial score (nSPS) is 20.5. The Hall–Kier alpha value is -1.95. The molecule has 1 atom stereocenters. The van der Waals surface area contributed by atoms with E-state index < -0.39 is 0 Å². The van der Waals surface area contributed by atoms with Crippen LogP contribution in [0.25, 0.3) is 0 Å². The quantitative estimate of drug-likeness (QED) is 0.577. The lowest BCUT2D eigenvalue weighted by atomic mass is 10.1. The van der Waals surface area contributed by atoms with Crippen molar-refractivity contribution in [2.24, 2.45) is 4.99 Å². The molecule has 1 aromatic carbocycles. The van der Waals surface area contributed by atoms with E-state index in [0.717, 1.165) is 23.5 Å². The molecule has 144 valence electrons. The second kappa shape index (κ2) is 9.12. The molecule has 0 spiro atoms. The van der Waals surface area contributed by atoms with Gasteiger partial charge in [-0.05, 0) is 56.9 Å². The summed E-state index contributed by atoms with van der Waals surface area (Å²) in [7, 11) is 3.49. The Morgan fingerprint density at radius 3 is 2.38 bits per heavy atom. The summed E-state index contributed by atoms with van der Waals surface area (Å²) >= 11 is 0. The number of ether oxygens (including phenoxy) is 2. The predicted molar refractivity (Wildman–Crippen MR) is 105 cm³/mol. The number of piperidine rings is 1. The molecule has 6 nitrogen and oxygen atoms in total. The van der Waals surface area contributed by atoms with Gasteiger partial charge in [-0.3, -0.25) is 4.99 Å². The maximum atomic E-state index is 5.94. The van der Waals surface area contributed by atoms with Crippen molar-refractivity contribution in [3.05, 3.63) is 24.3 Å². The minimum Gasteiger partial charge on any atom is -0.497 e. The van der Waals surface area contributed by atoms with Crippen molar-refractivity contribution in [3.8, 4) is 11.5 Å². The second-order valence-corrected chi connectivity index (χ2v) is 7.24. The van der Waals surface area contributed by atoms with Gasteiger partial charge in [0.05, 0.1) is 13.7 Å². The fourth-order valence-electron chi connectivity index (χ4n) is 3.41. The molecule has 2 aliphatic rings. The predicted octanol–water partition coefficient (Wildman–Crippen LogP) is 2.25. The zero-order valence-electron chi connectivity index (χ0n) is 16.2. The molecule has 2 fully saturated rings. The average Bonchev–Trinajstić information content (AvgIpc) is 3.51. The second-order valence-electron chi connectivity index (χ2n) is 7.24. The lowest BCUT2D eigenvalue weighted by Gasteiger charge is -2.33. The number of nitrogens with one attached hydrogen (secondary N) is 2. The highest BCUT2D eigenvalue weighted by atomic mass is 16.5. The number of hydrogen-bond donors (Lipinski definition) is 2. The van der Waals surface area contributed by atoms with E-state index in [-0.39, 0.29) is 6.10 Å². The Labute approximate surface area is 157 Å². The van der Waals surface area contributed by atoms with Gasteiger partial charge in [0.2, 0.25) is 0 Å². The van der Waals surface area contributed by atoms with Crippen molar-refractivity contribution in [2.75, 3.05) is 33.8 Å². The zero-order valence-corrected chi connectivity index (χ0v) is 16.2. The smallest absolute Gasteiger partial charge is 0.191 e. The third-order valence-corrected chi connectivity index (χ3v) is 5.11. The number of likely N-dealkylation sites (tertiary alicyclic amines) is 1. The first-order valence-corrected chi connectivity index (χ1v) is 9.70. The van der Waals surface area contributed by atoms with Crippen LogP contribution < -0.4 is 20.1 Å². The van der Waals surface area contributed by atoms with Crippen LogP contribution >= 0.6 is 0 Å². The Morgan fingerprint density at radius 1 is 1.15 bits per heavy atom. The summed E-state index contributed by atoms with van der Waals surface area (Å²) in [5.74, 6) is 2.54. The molecule has 1 unspecified atom stereocenters. The van der Waals surface area contributed by atoms with Crippen molar-refractivity contribution < 1.29 is 9.47 Å². The van der Waals surface area contributed by atoms with Crippen molar-refractivity contribution in [3.63, 3.8) is 0 Å². The lowest BCUT2D eigenvalue weighted by Crippen LogP contribution is -2.50. The van der Waals surface area contributed by atoms with Crippen LogP contribution in [0.3, 0.4) is 0 Å². The minimum atomic E-state index is 0.0404. The molecule has 0 radical (unpaired) electrons. The molecular weight excluding hydrogens is 328 g/mol. The van der Waals surface area contributed by atoms with Crippen LogP contribution in [0, 0.1) is 0 Å². The molecule has 1 heterocycles. The number of rotatable bonds is 7. The van der Waals surface area contributed by atoms with E-state index in [1.54, 1.807) is 7.11 Å². The Balaban J connectivity index is 1.37. The summed E-state index contributed by atoms with van der Waals surface area (Å²) in [6.45, 7) is 5.16. The SMILES string of the molecule is CN=C(NCC(C)Oc1ccc(OC)cc1)NC1CCN(C2CC2)CC1. The van der Waals surface area contributed by atoms with E-state index in [1.165, 1.54) is 38.8 Å². The fraction of sp³-hybridized carbons (Fsp3) is 0.650. The zero-order chi connectivity index (χ0) is 18.4. The highest BCUT2D eigenvalue weighted by molar-refractivity contribution is 5.80. The Morgan fingerprint density at radius 2 is 1.81 bits per heavy atom. The van der Waals surface area contributed by atoms with Crippen LogP contribution in [0.5, 0.6) is 11.5 Å². The van der Waals surface area contributed by atoms with Crippen LogP contribution in [-0.2, 0) is 0 Å². The Bertz CT molecular complexity index is 578. The van der Waals surface area contributed by atoms with Crippen molar-refractivity contribution in [1.82, 2.24) is 15.5 Å². The van der Waals surface area contributed by atoms with Gasteiger partial charge in [0.25, 0.3) is 0 Å². The van der Waals surface area contributed by atoms with Gasteiger partial charge in [-0.2, -0.15) is 0 Å². The van der Waals surface area contributed by atoms with E-state index >= 15 is 0 Å². The molecular formula is C20H32N4O2. The summed E-state index contributed by atoms with van der Waals surface area (Å²) in [5, 5.41) is 6.94. The van der Waals surface area contributed by atoms with E-state index in [0.29, 0.717) is 12.6 Å². The first-order chi connectivity index (χ1) is 12.7. The summed E-state index contributed by atoms with van der Waals surface area (Å²) < 4.78 is 11.1. The van der Waals surface area contributed by atoms with E-state index in [4.69, 9.17) is 9.47 Å². The van der Waals surface area contributed by atoms with Crippen LogP contribution in [-0.4, -0.2) is 62.8 Å². The highest BCUT2D eigenvalue weighted by Gasteiger charge is 2.31. The minimum absolute atomic E-state index is 0.0404. The average molecular weight is 361 g/mol. The maximum absolute atomic E-state index is 5.94. The molecule has 1 aliphatic heterocycles. The van der Waals surface area contributed by atoms with Gasteiger partial charge < -0.3 is 25.0 Å². The summed E-state index contributed by atoms with van der Waals surface area (Å²) in [6.07, 6.45) is 5.21. The first-order valence-electron chi connectivity index (χ1n) is 9.70. The third-order valence-electron chi connectivity index (χ3n) is 5.11. The number of nitrogens with zero attached hydrogens (tertiary/aromatic N) is 2. The highest BCUT2D eigenvalue weighted by Crippen LogP contribution is 2.29. The number of guanidine groups is 1. The molecule has 1 aromatic rings. The van der Waals surface area contributed by atoms with Gasteiger partial charge in [-0.25, -0.2) is 0 Å². The lowest BCUT2D eigenvalue weighted by molar-refractivity contribution is 0.196. The van der Waals surface area contributed by atoms with Crippen molar-refractivity contribution >= 4 is 5.96 Å². The van der Waals surface area contributed by atoms with Gasteiger partial charge in [-0.15, -0.1) is 0 Å². The van der Waals surface area contributed by atoms with Crippen LogP contribution in [0.15, 0.2) is 29.3 Å². The van der Waals surface area contributed by atoms with E-state index in [9.17, 15) is 0 Å². The molecule has 1 saturated heterocycles. The number of methoxy groups -OCH3 is 1. The molecule has 0 amide bonds. The standard InChI is InChI=1S/C20H32N4O2/c1-15(26-19-8-6-18(25-3)7-9-19)14-22-20(21-2)23-16-10-12-24(13-11-16)17-4-5-17/h6-9,15-17H,4-5,10-14H2,1-3H3,(H2,21,22,23). The van der Waals surface area contributed by atoms with Gasteiger partial charge in [0.15, 0.2) is 5.96 Å². The summed E-state index contributed by atoms with van der Waals surface area (Å²) in [4.78, 5) is 7.00. The van der Waals surface area contributed by atoms with Gasteiger partial charge >= 0.3 is 0 Å². The van der Waals surface area contributed by atoms with E-state index in [2.05, 4.69) is 27.4 Å². The number of hydrogen-bond acceptors (Lipinski definition) is 4. The maximum Gasteiger partial charge on any atom is 0.191 e. The molecule has 0 aromatic heterocycles. The number of benzene rings is 1. The van der Waals surface area contributed by atoms with E-state index in [1.807, 2.05) is 31.3 Å². The fourth-order valence-corrected chi connectivity index (χ4v) is 3.41. The largest absolute Gasteiger partial charge is 0.497 e. The van der Waals surface area contributed by atoms with Gasteiger partial charge in [-0.1, -0.05) is 0 Å². The monoisotopic (exact) mass is 360 g/mol. The Kier molecular flexibility index (Phi) is 6.61. The summed E-state index contributed by atoms with van der Waals surface area (Å²) in [6, 6.07) is 9.05. The van der Waals surface area contributed by atoms with Gasteiger partial charge in [0.1, 0.15) is 17.6 Å². The van der Waals surface area contributed by atoms with Crippen LogP contribution in [0.4, 0.5) is 0 Å². The molecule has 0 bridgehead atoms. The number of aliphatic imine (C=N–C) groups is 1. The van der Waals surface area contributed by atoms with Crippen molar-refractivity contribution in [1.29, 1.82) is 0 Å². The van der Waals surface area contributed by atoms with Crippen molar-refractivity contribution in [2.45, 2.75) is 50.8 Å². The molecule has 6 heteroatoms. The molecule has 3 rings (SSSR count). The summed E-state index contributed by atoms with van der Waals surface area (Å²) in [5.41, 5.74) is 0. The molecule has 1 saturated carbocycles. The topological polar surface area (TPSA) is 58.1 Å². The van der Waals surface area contributed by atoms with Gasteiger partial charge in [0, 0.05) is 32.2 Å². The molecule has 26 heavy (non-hydrogen) atoms. The first kappa shape index (κ1) is 18.8. The molecule has 2 N–H and O–H groups in total. The third kappa shape index (κ3) is 5.53.